The Hall–Kier alpha value is -2.75. The predicted molar refractivity (Wildman–Crippen MR) is 101 cm³/mol. The summed E-state index contributed by atoms with van der Waals surface area (Å²) in [4.78, 5) is 14.5. The quantitative estimate of drug-likeness (QED) is 0.202. The van der Waals surface area contributed by atoms with Crippen molar-refractivity contribution in [2.45, 2.75) is 13.8 Å². The van der Waals surface area contributed by atoms with Crippen LogP contribution >= 0.6 is 0 Å². The van der Waals surface area contributed by atoms with Gasteiger partial charge in [0.15, 0.2) is 5.78 Å². The molecule has 0 atom stereocenters. The van der Waals surface area contributed by atoms with Gasteiger partial charge in [0.05, 0.1) is 5.76 Å². The van der Waals surface area contributed by atoms with E-state index in [1.807, 2.05) is 42.5 Å². The number of rotatable bonds is 1. The van der Waals surface area contributed by atoms with Crippen LogP contribution in [-0.4, -0.2) is 15.9 Å². The molecular weight excluding hydrogens is 518 g/mol. The Morgan fingerprint density at radius 1 is 1.04 bits per heavy atom. The summed E-state index contributed by atoms with van der Waals surface area (Å²) < 4.78 is 6.01. The maximum absolute atomic E-state index is 10.0. The molecular formula is C22H18IrNO3-. The van der Waals surface area contributed by atoms with Gasteiger partial charge in [-0.1, -0.05) is 29.8 Å². The molecule has 0 bridgehead atoms. The van der Waals surface area contributed by atoms with Crippen molar-refractivity contribution in [3.05, 3.63) is 78.7 Å². The molecule has 139 valence electrons. The number of aliphatic hydroxyl groups excluding tert-OH is 1. The summed E-state index contributed by atoms with van der Waals surface area (Å²) in [6.45, 7) is 2.85. The number of ketones is 1. The van der Waals surface area contributed by atoms with Crippen LogP contribution in [0.15, 0.2) is 72.6 Å². The van der Waals surface area contributed by atoms with Gasteiger partial charge in [0.2, 0.25) is 0 Å². The molecule has 2 aromatic carbocycles. The summed E-state index contributed by atoms with van der Waals surface area (Å²) in [5.74, 6) is 1.59. The summed E-state index contributed by atoms with van der Waals surface area (Å²) in [5, 5.41) is 8.36. The topological polar surface area (TPSA) is 59.4 Å². The van der Waals surface area contributed by atoms with Gasteiger partial charge in [0, 0.05) is 43.7 Å². The Morgan fingerprint density at radius 3 is 2.44 bits per heavy atom. The summed E-state index contributed by atoms with van der Waals surface area (Å²) in [5.41, 5.74) is 3.98. The fourth-order valence-corrected chi connectivity index (χ4v) is 2.70. The first-order chi connectivity index (χ1) is 12.6. The Kier molecular flexibility index (Phi) is 7.05. The predicted octanol–water partition coefficient (Wildman–Crippen LogP) is 5.36. The molecule has 4 nitrogen and oxygen atoms in total. The minimum Gasteiger partial charge on any atom is -0.512 e. The number of benzene rings is 2. The molecule has 3 aromatic rings. The average Bonchev–Trinajstić information content (AvgIpc) is 2.76. The van der Waals surface area contributed by atoms with Crippen molar-refractivity contribution in [1.29, 1.82) is 0 Å². The van der Waals surface area contributed by atoms with E-state index in [0.29, 0.717) is 0 Å². The van der Waals surface area contributed by atoms with Crippen molar-refractivity contribution in [2.75, 3.05) is 0 Å². The van der Waals surface area contributed by atoms with E-state index < -0.39 is 0 Å². The first-order valence-corrected chi connectivity index (χ1v) is 8.17. The van der Waals surface area contributed by atoms with Crippen LogP contribution in [0.5, 0.6) is 11.5 Å². The maximum Gasteiger partial charge on any atom is 0.155 e. The van der Waals surface area contributed by atoms with E-state index in [2.05, 4.69) is 23.2 Å². The van der Waals surface area contributed by atoms with Crippen molar-refractivity contribution in [3.8, 4) is 33.9 Å². The number of pyridine rings is 1. The average molecular weight is 537 g/mol. The number of hydrogen-bond acceptors (Lipinski definition) is 4. The van der Waals surface area contributed by atoms with Gasteiger partial charge in [-0.15, -0.1) is 24.3 Å². The fourth-order valence-electron chi connectivity index (χ4n) is 2.70. The van der Waals surface area contributed by atoms with Gasteiger partial charge in [-0.05, 0) is 37.2 Å². The number of nitrogens with zero attached hydrogens (tertiary/aromatic N) is 1. The Balaban J connectivity index is 0.000000285. The van der Waals surface area contributed by atoms with E-state index in [0.717, 1.165) is 33.9 Å². The minimum absolute atomic E-state index is 0. The molecule has 4 rings (SSSR count). The third-order valence-corrected chi connectivity index (χ3v) is 3.67. The number of hydrogen-bond donors (Lipinski definition) is 1. The van der Waals surface area contributed by atoms with E-state index in [1.165, 1.54) is 19.9 Å². The van der Waals surface area contributed by atoms with E-state index in [1.54, 1.807) is 6.20 Å². The molecule has 2 heterocycles. The van der Waals surface area contributed by atoms with Crippen LogP contribution in [0.2, 0.25) is 0 Å². The Morgan fingerprint density at radius 2 is 1.74 bits per heavy atom. The molecule has 0 fully saturated rings. The molecule has 1 N–H and O–H groups in total. The van der Waals surface area contributed by atoms with Crippen molar-refractivity contribution in [1.82, 2.24) is 4.98 Å². The van der Waals surface area contributed by atoms with E-state index in [-0.39, 0.29) is 31.6 Å². The van der Waals surface area contributed by atoms with Crippen LogP contribution in [0, 0.1) is 6.07 Å². The number of carbonyl (C=O) groups is 1. The van der Waals surface area contributed by atoms with E-state index in [9.17, 15) is 4.79 Å². The van der Waals surface area contributed by atoms with Crippen LogP contribution in [0.3, 0.4) is 0 Å². The number of ether oxygens (including phenoxy) is 1. The van der Waals surface area contributed by atoms with Crippen molar-refractivity contribution in [2.24, 2.45) is 0 Å². The zero-order chi connectivity index (χ0) is 18.5. The Bertz CT molecular complexity index is 914. The second kappa shape index (κ2) is 9.26. The van der Waals surface area contributed by atoms with Crippen LogP contribution in [0.4, 0.5) is 0 Å². The summed E-state index contributed by atoms with van der Waals surface area (Å²) >= 11 is 0. The second-order valence-electron chi connectivity index (χ2n) is 5.80. The zero-order valence-electron chi connectivity index (χ0n) is 14.9. The molecule has 0 aliphatic carbocycles. The molecule has 1 aromatic heterocycles. The van der Waals surface area contributed by atoms with Crippen molar-refractivity contribution in [3.63, 3.8) is 0 Å². The molecule has 1 radical (unpaired) electrons. The van der Waals surface area contributed by atoms with Crippen LogP contribution < -0.4 is 4.74 Å². The molecule has 0 saturated carbocycles. The number of fused-ring (bicyclic) bond motifs is 5. The van der Waals surface area contributed by atoms with Gasteiger partial charge in [0.1, 0.15) is 5.75 Å². The number of aliphatic hydroxyl groups is 1. The molecule has 0 spiro atoms. The normalized spacial score (nSPS) is 11.1. The number of carbonyl (C=O) groups excluding carboxylic acids is 1. The van der Waals surface area contributed by atoms with Crippen LogP contribution in [0.25, 0.3) is 22.4 Å². The maximum atomic E-state index is 10.0. The standard InChI is InChI=1S/C17H10NO.C5H8O2.Ir/c1-3-9-15-12(6-1)13-8-5-11-18-17(13)14-7-2-4-10-16(14)19-15;1-4(6)3-5(2)7;/h1-6,8-11H;3,6H,1-2H3;/q-1;;. The fraction of sp³-hybridized carbons (Fsp3) is 0.0909. The zero-order valence-corrected chi connectivity index (χ0v) is 17.3. The van der Waals surface area contributed by atoms with Gasteiger partial charge >= 0.3 is 0 Å². The minimum atomic E-state index is -0.125. The van der Waals surface area contributed by atoms with Gasteiger partial charge in [-0.25, -0.2) is 0 Å². The number of allylic oxidation sites excluding steroid dienone is 2. The SMILES string of the molecule is CC(=O)C=C(C)O.[Ir].[c-]1cccc2c1-c1ncccc1-c1ccccc1O2. The smallest absolute Gasteiger partial charge is 0.155 e. The molecule has 5 heteroatoms. The molecule has 1 aliphatic heterocycles. The monoisotopic (exact) mass is 537 g/mol. The first kappa shape index (κ1) is 20.6. The summed E-state index contributed by atoms with van der Waals surface area (Å²) in [7, 11) is 0. The van der Waals surface area contributed by atoms with Crippen LogP contribution in [-0.2, 0) is 24.9 Å². The molecule has 0 unspecified atom stereocenters. The summed E-state index contributed by atoms with van der Waals surface area (Å²) in [6, 6.07) is 21.0. The molecule has 1 aliphatic rings. The van der Waals surface area contributed by atoms with Crippen molar-refractivity contribution >= 4 is 5.78 Å². The molecule has 0 saturated heterocycles. The van der Waals surface area contributed by atoms with Gasteiger partial charge in [-0.3, -0.25) is 4.79 Å². The van der Waals surface area contributed by atoms with Crippen molar-refractivity contribution < 1.29 is 34.7 Å². The molecule has 0 amide bonds. The number of aromatic nitrogens is 1. The van der Waals surface area contributed by atoms with E-state index >= 15 is 0 Å². The largest absolute Gasteiger partial charge is 0.512 e. The summed E-state index contributed by atoms with van der Waals surface area (Å²) in [6.07, 6.45) is 2.97. The van der Waals surface area contributed by atoms with Gasteiger partial charge < -0.3 is 14.8 Å². The first-order valence-electron chi connectivity index (χ1n) is 8.17. The third-order valence-electron chi connectivity index (χ3n) is 3.67. The number of para-hydroxylation sites is 1. The Labute approximate surface area is 171 Å². The van der Waals surface area contributed by atoms with E-state index in [4.69, 9.17) is 9.84 Å². The second-order valence-corrected chi connectivity index (χ2v) is 5.80. The van der Waals surface area contributed by atoms with Crippen LogP contribution in [0.1, 0.15) is 13.8 Å². The van der Waals surface area contributed by atoms with Gasteiger partial charge in [0.25, 0.3) is 0 Å². The third kappa shape index (κ3) is 4.91. The molecule has 27 heavy (non-hydrogen) atoms. The van der Waals surface area contributed by atoms with Gasteiger partial charge in [-0.2, -0.15) is 0 Å².